The lowest BCUT2D eigenvalue weighted by Crippen LogP contribution is -2.39. The highest BCUT2D eigenvalue weighted by Crippen LogP contribution is 2.30. The van der Waals surface area contributed by atoms with Crippen LogP contribution in [0, 0.1) is 0 Å². The molecule has 0 bridgehead atoms. The molecule has 0 saturated heterocycles. The smallest absolute Gasteiger partial charge is 0.195 e. The molecule has 0 amide bonds. The molecule has 0 fully saturated rings. The second-order valence-electron chi connectivity index (χ2n) is 6.21. The highest BCUT2D eigenvalue weighted by Gasteiger charge is 2.22. The van der Waals surface area contributed by atoms with Crippen molar-refractivity contribution in [1.82, 2.24) is 5.32 Å². The third kappa shape index (κ3) is 5.13. The Kier molecular flexibility index (Phi) is 6.70. The van der Waals surface area contributed by atoms with Crippen molar-refractivity contribution >= 4 is 23.0 Å². The van der Waals surface area contributed by atoms with Crippen LogP contribution in [-0.2, 0) is 5.41 Å². The van der Waals surface area contributed by atoms with Gasteiger partial charge >= 0.3 is 0 Å². The van der Waals surface area contributed by atoms with Crippen LogP contribution in [0.15, 0.2) is 40.7 Å². The third-order valence-corrected chi connectivity index (χ3v) is 5.07. The average Bonchev–Trinajstić information content (AvgIpc) is 3.15. The first-order valence-corrected chi connectivity index (χ1v) is 9.20. The molecular formula is C19H27N3O2S. The van der Waals surface area contributed by atoms with E-state index in [-0.39, 0.29) is 5.41 Å². The van der Waals surface area contributed by atoms with Gasteiger partial charge in [0.15, 0.2) is 17.5 Å². The highest BCUT2D eigenvalue weighted by molar-refractivity contribution is 7.10. The van der Waals surface area contributed by atoms with Crippen LogP contribution in [0.5, 0.6) is 11.5 Å². The van der Waals surface area contributed by atoms with E-state index in [0.29, 0.717) is 18.1 Å². The lowest BCUT2D eigenvalue weighted by atomic mass is 9.91. The first-order chi connectivity index (χ1) is 12.0. The molecule has 0 radical (unpaired) electrons. The number of methoxy groups -OCH3 is 1. The number of aliphatic imine (C=N–C) groups is 1. The number of benzene rings is 1. The second kappa shape index (κ2) is 8.76. The van der Waals surface area contributed by atoms with Gasteiger partial charge in [-0.1, -0.05) is 19.9 Å². The second-order valence-corrected chi connectivity index (χ2v) is 7.16. The van der Waals surface area contributed by atoms with Crippen LogP contribution >= 0.6 is 11.3 Å². The van der Waals surface area contributed by atoms with E-state index in [9.17, 15) is 0 Å². The summed E-state index contributed by atoms with van der Waals surface area (Å²) in [6, 6.07) is 10.00. The summed E-state index contributed by atoms with van der Waals surface area (Å²) in [6.45, 7) is 7.76. The normalized spacial score (nSPS) is 12.0. The van der Waals surface area contributed by atoms with E-state index < -0.39 is 0 Å². The minimum Gasteiger partial charge on any atom is -0.493 e. The van der Waals surface area contributed by atoms with Gasteiger partial charge in [-0.3, -0.25) is 4.99 Å². The molecular weight excluding hydrogens is 334 g/mol. The van der Waals surface area contributed by atoms with Gasteiger partial charge in [0.25, 0.3) is 0 Å². The van der Waals surface area contributed by atoms with Gasteiger partial charge in [0, 0.05) is 35.6 Å². The summed E-state index contributed by atoms with van der Waals surface area (Å²) >= 11 is 1.77. The van der Waals surface area contributed by atoms with Crippen molar-refractivity contribution in [3.8, 4) is 11.5 Å². The molecule has 0 unspecified atom stereocenters. The molecule has 2 N–H and O–H groups in total. The molecule has 0 aliphatic carbocycles. The molecule has 25 heavy (non-hydrogen) atoms. The van der Waals surface area contributed by atoms with E-state index in [4.69, 9.17) is 9.47 Å². The van der Waals surface area contributed by atoms with Gasteiger partial charge in [-0.15, -0.1) is 11.3 Å². The summed E-state index contributed by atoms with van der Waals surface area (Å²) in [7, 11) is 3.40. The van der Waals surface area contributed by atoms with E-state index in [1.807, 2.05) is 25.1 Å². The summed E-state index contributed by atoms with van der Waals surface area (Å²) in [6.07, 6.45) is 0. The number of nitrogens with one attached hydrogen (secondary N) is 2. The summed E-state index contributed by atoms with van der Waals surface area (Å²) in [5, 5.41) is 8.81. The maximum atomic E-state index is 5.62. The number of rotatable bonds is 7. The maximum absolute atomic E-state index is 5.62. The fourth-order valence-corrected chi connectivity index (χ4v) is 3.25. The van der Waals surface area contributed by atoms with Gasteiger partial charge in [-0.25, -0.2) is 0 Å². The van der Waals surface area contributed by atoms with Crippen molar-refractivity contribution in [3.63, 3.8) is 0 Å². The Morgan fingerprint density at radius 1 is 1.24 bits per heavy atom. The van der Waals surface area contributed by atoms with Gasteiger partial charge < -0.3 is 20.1 Å². The Hall–Kier alpha value is -2.21. The molecule has 6 heteroatoms. The van der Waals surface area contributed by atoms with E-state index in [2.05, 4.69) is 47.0 Å². The molecule has 136 valence electrons. The molecule has 1 aromatic carbocycles. The minimum atomic E-state index is 0.0299. The fraction of sp³-hybridized carbons (Fsp3) is 0.421. The molecule has 0 spiro atoms. The molecule has 0 atom stereocenters. The first kappa shape index (κ1) is 19.1. The Labute approximate surface area is 154 Å². The summed E-state index contributed by atoms with van der Waals surface area (Å²) in [4.78, 5) is 5.66. The quantitative estimate of drug-likeness (QED) is 0.575. The SMILES string of the molecule is CCOc1cc(NC(=NC)NCC(C)(C)c2cccs2)ccc1OC. The van der Waals surface area contributed by atoms with E-state index >= 15 is 0 Å². The van der Waals surface area contributed by atoms with Crippen LogP contribution < -0.4 is 20.1 Å². The van der Waals surface area contributed by atoms with Crippen LogP contribution in [0.2, 0.25) is 0 Å². The van der Waals surface area contributed by atoms with E-state index in [1.165, 1.54) is 4.88 Å². The van der Waals surface area contributed by atoms with Crippen LogP contribution in [0.3, 0.4) is 0 Å². The third-order valence-electron chi connectivity index (χ3n) is 3.84. The average molecular weight is 362 g/mol. The van der Waals surface area contributed by atoms with Crippen molar-refractivity contribution < 1.29 is 9.47 Å². The van der Waals surface area contributed by atoms with Crippen molar-refractivity contribution in [3.05, 3.63) is 40.6 Å². The number of anilines is 1. The molecule has 1 aromatic heterocycles. The molecule has 5 nitrogen and oxygen atoms in total. The minimum absolute atomic E-state index is 0.0299. The molecule has 0 saturated carbocycles. The standard InChI is InChI=1S/C19H27N3O2S/c1-6-24-16-12-14(9-10-15(16)23-5)22-18(20-4)21-13-19(2,3)17-8-7-11-25-17/h7-12H,6,13H2,1-5H3,(H2,20,21,22). The number of hydrogen-bond donors (Lipinski definition) is 2. The lowest BCUT2D eigenvalue weighted by Gasteiger charge is -2.25. The summed E-state index contributed by atoms with van der Waals surface area (Å²) in [5.41, 5.74) is 0.925. The van der Waals surface area contributed by atoms with Crippen molar-refractivity contribution in [1.29, 1.82) is 0 Å². The van der Waals surface area contributed by atoms with Crippen LogP contribution in [0.4, 0.5) is 5.69 Å². The predicted molar refractivity (Wildman–Crippen MR) is 106 cm³/mol. The van der Waals surface area contributed by atoms with Crippen LogP contribution in [0.1, 0.15) is 25.6 Å². The zero-order chi connectivity index (χ0) is 18.3. The molecule has 1 heterocycles. The highest BCUT2D eigenvalue weighted by atomic mass is 32.1. The van der Waals surface area contributed by atoms with Crippen molar-refractivity contribution in [2.75, 3.05) is 32.6 Å². The lowest BCUT2D eigenvalue weighted by molar-refractivity contribution is 0.311. The monoisotopic (exact) mass is 361 g/mol. The number of ether oxygens (including phenoxy) is 2. The molecule has 2 rings (SSSR count). The van der Waals surface area contributed by atoms with Crippen molar-refractivity contribution in [2.24, 2.45) is 4.99 Å². The van der Waals surface area contributed by atoms with E-state index in [0.717, 1.165) is 18.2 Å². The number of hydrogen-bond acceptors (Lipinski definition) is 4. The Morgan fingerprint density at radius 2 is 2.04 bits per heavy atom. The Balaban J connectivity index is 2.04. The topological polar surface area (TPSA) is 54.9 Å². The predicted octanol–water partition coefficient (Wildman–Crippen LogP) is 4.12. The Morgan fingerprint density at radius 3 is 2.64 bits per heavy atom. The number of guanidine groups is 1. The number of nitrogens with zero attached hydrogens (tertiary/aromatic N) is 1. The molecule has 2 aromatic rings. The maximum Gasteiger partial charge on any atom is 0.195 e. The van der Waals surface area contributed by atoms with Crippen LogP contribution in [-0.4, -0.2) is 33.3 Å². The van der Waals surface area contributed by atoms with Gasteiger partial charge in [0.05, 0.1) is 13.7 Å². The van der Waals surface area contributed by atoms with E-state index in [1.54, 1.807) is 25.5 Å². The number of thiophene rings is 1. The molecule has 0 aliphatic heterocycles. The zero-order valence-corrected chi connectivity index (χ0v) is 16.4. The summed E-state index contributed by atoms with van der Waals surface area (Å²) in [5.74, 6) is 2.15. The van der Waals surface area contributed by atoms with Gasteiger partial charge in [0.1, 0.15) is 0 Å². The van der Waals surface area contributed by atoms with Crippen LogP contribution in [0.25, 0.3) is 0 Å². The van der Waals surface area contributed by atoms with Gasteiger partial charge in [0.2, 0.25) is 0 Å². The largest absolute Gasteiger partial charge is 0.493 e. The summed E-state index contributed by atoms with van der Waals surface area (Å²) < 4.78 is 10.9. The molecule has 0 aliphatic rings. The fourth-order valence-electron chi connectivity index (χ4n) is 2.39. The van der Waals surface area contributed by atoms with Gasteiger partial charge in [-0.2, -0.15) is 0 Å². The zero-order valence-electron chi connectivity index (χ0n) is 15.6. The van der Waals surface area contributed by atoms with Gasteiger partial charge in [-0.05, 0) is 30.5 Å². The Bertz CT molecular complexity index is 697. The van der Waals surface area contributed by atoms with Crippen molar-refractivity contribution in [2.45, 2.75) is 26.2 Å². The first-order valence-electron chi connectivity index (χ1n) is 8.32.